The van der Waals surface area contributed by atoms with Crippen molar-refractivity contribution < 1.29 is 18.3 Å². The van der Waals surface area contributed by atoms with Crippen LogP contribution in [0.3, 0.4) is 0 Å². The molecule has 2 amide bonds. The second-order valence-corrected chi connectivity index (χ2v) is 6.17. The molecule has 4 rings (SSSR count). The maximum absolute atomic E-state index is 13.9. The fourth-order valence-corrected chi connectivity index (χ4v) is 2.94. The van der Waals surface area contributed by atoms with Gasteiger partial charge in [-0.2, -0.15) is 0 Å². The summed E-state index contributed by atoms with van der Waals surface area (Å²) in [4.78, 5) is 17.1. The number of halogens is 2. The molecule has 0 aliphatic heterocycles. The number of nitrogens with zero attached hydrogens (tertiary/aromatic N) is 2. The average Bonchev–Trinajstić information content (AvgIpc) is 3.07. The highest BCUT2D eigenvalue weighted by molar-refractivity contribution is 6.01. The van der Waals surface area contributed by atoms with Gasteiger partial charge >= 0.3 is 6.03 Å². The molecule has 0 unspecified atom stereocenters. The van der Waals surface area contributed by atoms with E-state index < -0.39 is 11.8 Å². The molecule has 2 aromatic carbocycles. The van der Waals surface area contributed by atoms with E-state index in [-0.39, 0.29) is 17.3 Å². The highest BCUT2D eigenvalue weighted by atomic mass is 19.1. The maximum atomic E-state index is 13.9. The molecule has 2 aromatic heterocycles. The number of aromatic nitrogens is 2. The van der Waals surface area contributed by atoms with E-state index in [2.05, 4.69) is 15.6 Å². The van der Waals surface area contributed by atoms with Gasteiger partial charge in [0.25, 0.3) is 0 Å². The molecule has 0 bridgehead atoms. The molecule has 8 heteroatoms. The lowest BCUT2D eigenvalue weighted by Crippen LogP contribution is -2.21. The zero-order valence-corrected chi connectivity index (χ0v) is 15.3. The number of imidazole rings is 1. The zero-order valence-electron chi connectivity index (χ0n) is 15.3. The number of urea groups is 1. The van der Waals surface area contributed by atoms with E-state index in [1.807, 2.05) is 6.07 Å². The first-order valence-corrected chi connectivity index (χ1v) is 8.70. The molecule has 0 aliphatic carbocycles. The first-order valence-electron chi connectivity index (χ1n) is 8.70. The lowest BCUT2D eigenvalue weighted by atomic mass is 10.1. The number of rotatable bonds is 4. The Hall–Kier alpha value is -3.94. The molecule has 6 nitrogen and oxygen atoms in total. The van der Waals surface area contributed by atoms with Gasteiger partial charge in [-0.1, -0.05) is 6.07 Å². The van der Waals surface area contributed by atoms with E-state index in [9.17, 15) is 13.6 Å². The van der Waals surface area contributed by atoms with E-state index in [1.54, 1.807) is 34.9 Å². The summed E-state index contributed by atoms with van der Waals surface area (Å²) in [6, 6.07) is 14.7. The summed E-state index contributed by atoms with van der Waals surface area (Å²) in [7, 11) is 1.36. The van der Waals surface area contributed by atoms with Crippen molar-refractivity contribution in [1.29, 1.82) is 0 Å². The fraction of sp³-hybridized carbons (Fsp3) is 0.0476. The Bertz CT molecular complexity index is 1190. The predicted molar refractivity (Wildman–Crippen MR) is 106 cm³/mol. The number of amides is 2. The minimum atomic E-state index is -0.591. The number of hydrogen-bond donors (Lipinski definition) is 2. The van der Waals surface area contributed by atoms with Gasteiger partial charge in [-0.3, -0.25) is 9.72 Å². The largest absolute Gasteiger partial charge is 0.494 e. The van der Waals surface area contributed by atoms with E-state index in [0.29, 0.717) is 22.7 Å². The van der Waals surface area contributed by atoms with Crippen LogP contribution in [0.4, 0.5) is 25.1 Å². The molecule has 29 heavy (non-hydrogen) atoms. The quantitative estimate of drug-likeness (QED) is 0.516. The molecule has 2 N–H and O–H groups in total. The number of hydrogen-bond acceptors (Lipinski definition) is 3. The summed E-state index contributed by atoms with van der Waals surface area (Å²) in [6.45, 7) is 0. The highest BCUT2D eigenvalue weighted by Crippen LogP contribution is 2.29. The molecule has 0 radical (unpaired) electrons. The normalized spacial score (nSPS) is 10.7. The molecular formula is C21H16F2N4O2. The number of carbonyl (C=O) groups excluding carboxylic acids is 1. The van der Waals surface area contributed by atoms with E-state index in [4.69, 9.17) is 4.74 Å². The van der Waals surface area contributed by atoms with Gasteiger partial charge in [-0.05, 0) is 48.5 Å². The SMILES string of the molecule is COc1ccc(NC(=O)Nc2c(-c3ccc(F)cc3)nc3ccccn23)cc1F. The van der Waals surface area contributed by atoms with Crippen LogP contribution in [-0.2, 0) is 0 Å². The Morgan fingerprint density at radius 3 is 2.55 bits per heavy atom. The predicted octanol–water partition coefficient (Wildman–Crippen LogP) is 4.93. The van der Waals surface area contributed by atoms with Crippen molar-refractivity contribution in [2.75, 3.05) is 17.7 Å². The topological polar surface area (TPSA) is 67.7 Å². The number of nitrogens with one attached hydrogen (secondary N) is 2. The van der Waals surface area contributed by atoms with Crippen molar-refractivity contribution in [1.82, 2.24) is 9.38 Å². The van der Waals surface area contributed by atoms with Crippen molar-refractivity contribution in [3.8, 4) is 17.0 Å². The smallest absolute Gasteiger partial charge is 0.324 e. The second kappa shape index (κ2) is 7.59. The third-order valence-electron chi connectivity index (χ3n) is 4.29. The number of fused-ring (bicyclic) bond motifs is 1. The van der Waals surface area contributed by atoms with E-state index in [0.717, 1.165) is 6.07 Å². The summed E-state index contributed by atoms with van der Waals surface area (Å²) in [6.07, 6.45) is 1.75. The van der Waals surface area contributed by atoms with Gasteiger partial charge in [-0.15, -0.1) is 0 Å². The fourth-order valence-electron chi connectivity index (χ4n) is 2.94. The third kappa shape index (κ3) is 3.73. The summed E-state index contributed by atoms with van der Waals surface area (Å²) in [5, 5.41) is 5.32. The van der Waals surface area contributed by atoms with E-state index >= 15 is 0 Å². The Morgan fingerprint density at radius 2 is 1.83 bits per heavy atom. The van der Waals surface area contributed by atoms with Crippen LogP contribution in [0, 0.1) is 11.6 Å². The standard InChI is InChI=1S/C21H16F2N4O2/c1-29-17-10-9-15(12-16(17)23)24-21(28)26-20-19(13-5-7-14(22)8-6-13)25-18-4-2-3-11-27(18)20/h2-12H,1H3,(H2,24,26,28). The second-order valence-electron chi connectivity index (χ2n) is 6.17. The highest BCUT2D eigenvalue weighted by Gasteiger charge is 2.17. The Labute approximate surface area is 164 Å². The summed E-state index contributed by atoms with van der Waals surface area (Å²) < 4.78 is 33.7. The van der Waals surface area contributed by atoms with E-state index in [1.165, 1.54) is 31.4 Å². The molecule has 0 spiro atoms. The monoisotopic (exact) mass is 394 g/mol. The molecular weight excluding hydrogens is 378 g/mol. The molecule has 146 valence electrons. The number of ether oxygens (including phenoxy) is 1. The number of pyridine rings is 1. The van der Waals surface area contributed by atoms with Gasteiger partial charge in [-0.25, -0.2) is 18.6 Å². The third-order valence-corrected chi connectivity index (χ3v) is 4.29. The van der Waals surface area contributed by atoms with Crippen molar-refractivity contribution in [2.45, 2.75) is 0 Å². The van der Waals surface area contributed by atoms with Crippen LogP contribution in [0.5, 0.6) is 5.75 Å². The molecule has 2 heterocycles. The molecule has 0 saturated carbocycles. The summed E-state index contributed by atoms with van der Waals surface area (Å²) in [5.74, 6) is -0.478. The first-order chi connectivity index (χ1) is 14.0. The van der Waals surface area contributed by atoms with Crippen LogP contribution in [0.1, 0.15) is 0 Å². The van der Waals surface area contributed by atoms with Gasteiger partial charge in [0.2, 0.25) is 0 Å². The minimum absolute atomic E-state index is 0.0799. The minimum Gasteiger partial charge on any atom is -0.494 e. The Balaban J connectivity index is 1.66. The van der Waals surface area contributed by atoms with Crippen molar-refractivity contribution in [2.24, 2.45) is 0 Å². The van der Waals surface area contributed by atoms with Gasteiger partial charge < -0.3 is 10.1 Å². The molecule has 4 aromatic rings. The summed E-state index contributed by atoms with van der Waals surface area (Å²) >= 11 is 0. The van der Waals surface area contributed by atoms with Crippen molar-refractivity contribution in [3.05, 3.63) is 78.5 Å². The van der Waals surface area contributed by atoms with Crippen LogP contribution in [0.15, 0.2) is 66.9 Å². The average molecular weight is 394 g/mol. The number of benzene rings is 2. The molecule has 0 fully saturated rings. The number of carbonyl (C=O) groups is 1. The Morgan fingerprint density at radius 1 is 1.03 bits per heavy atom. The van der Waals surface area contributed by atoms with Gasteiger partial charge in [0.15, 0.2) is 11.6 Å². The van der Waals surface area contributed by atoms with Crippen LogP contribution in [-0.4, -0.2) is 22.5 Å². The number of methoxy groups -OCH3 is 1. The molecule has 0 atom stereocenters. The van der Waals surface area contributed by atoms with Crippen LogP contribution < -0.4 is 15.4 Å². The first kappa shape index (κ1) is 18.4. The van der Waals surface area contributed by atoms with Crippen LogP contribution in [0.25, 0.3) is 16.9 Å². The summed E-state index contributed by atoms with van der Waals surface area (Å²) in [5.41, 5.74) is 1.99. The Kier molecular flexibility index (Phi) is 4.82. The van der Waals surface area contributed by atoms with Gasteiger partial charge in [0.1, 0.15) is 23.0 Å². The molecule has 0 aliphatic rings. The van der Waals surface area contributed by atoms with Crippen molar-refractivity contribution in [3.63, 3.8) is 0 Å². The lowest BCUT2D eigenvalue weighted by Gasteiger charge is -2.10. The zero-order chi connectivity index (χ0) is 20.4. The van der Waals surface area contributed by atoms with Crippen LogP contribution in [0.2, 0.25) is 0 Å². The van der Waals surface area contributed by atoms with Crippen molar-refractivity contribution >= 4 is 23.2 Å². The number of anilines is 2. The molecule has 0 saturated heterocycles. The van der Waals surface area contributed by atoms with Gasteiger partial charge in [0, 0.05) is 23.5 Å². The lowest BCUT2D eigenvalue weighted by molar-refractivity contribution is 0.262. The van der Waals surface area contributed by atoms with Gasteiger partial charge in [0.05, 0.1) is 7.11 Å². The van der Waals surface area contributed by atoms with Crippen LogP contribution >= 0.6 is 0 Å². The maximum Gasteiger partial charge on any atom is 0.324 e.